The van der Waals surface area contributed by atoms with Gasteiger partial charge in [0.25, 0.3) is 5.91 Å². The fourth-order valence-electron chi connectivity index (χ4n) is 4.68. The number of ether oxygens (including phenoxy) is 1. The van der Waals surface area contributed by atoms with Gasteiger partial charge in [-0.2, -0.15) is 0 Å². The highest BCUT2D eigenvalue weighted by atomic mass is 19.1. The number of fused-ring (bicyclic) bond motifs is 1. The first-order valence-electron chi connectivity index (χ1n) is 10.4. The van der Waals surface area contributed by atoms with Gasteiger partial charge in [-0.15, -0.1) is 0 Å². The second-order valence-corrected chi connectivity index (χ2v) is 8.57. The maximum absolute atomic E-state index is 13.6. The normalized spacial score (nSPS) is 22.4. The molecule has 4 rings (SSSR count). The Morgan fingerprint density at radius 3 is 2.69 bits per heavy atom. The Morgan fingerprint density at radius 2 is 1.97 bits per heavy atom. The third-order valence-corrected chi connectivity index (χ3v) is 6.40. The van der Waals surface area contributed by atoms with Gasteiger partial charge in [0.1, 0.15) is 5.75 Å². The Labute approximate surface area is 171 Å². The molecule has 1 aliphatic carbocycles. The first kappa shape index (κ1) is 19.7. The van der Waals surface area contributed by atoms with Crippen molar-refractivity contribution in [1.29, 1.82) is 0 Å². The van der Waals surface area contributed by atoms with Crippen molar-refractivity contribution in [3.05, 3.63) is 58.9 Å². The van der Waals surface area contributed by atoms with Gasteiger partial charge in [0, 0.05) is 18.7 Å². The second-order valence-electron chi connectivity index (χ2n) is 8.57. The van der Waals surface area contributed by atoms with Gasteiger partial charge >= 0.3 is 0 Å². The summed E-state index contributed by atoms with van der Waals surface area (Å²) in [5.74, 6) is 0.672. The molecule has 5 heteroatoms. The highest BCUT2D eigenvalue weighted by Gasteiger charge is 2.33. The van der Waals surface area contributed by atoms with Gasteiger partial charge in [-0.05, 0) is 86.8 Å². The van der Waals surface area contributed by atoms with E-state index >= 15 is 0 Å². The number of nitrogens with zero attached hydrogens (tertiary/aromatic N) is 1. The maximum Gasteiger partial charge on any atom is 0.254 e. The third-order valence-electron chi connectivity index (χ3n) is 6.40. The molecule has 1 aliphatic heterocycles. The van der Waals surface area contributed by atoms with Crippen molar-refractivity contribution in [1.82, 2.24) is 4.90 Å². The van der Waals surface area contributed by atoms with E-state index in [1.54, 1.807) is 4.90 Å². The summed E-state index contributed by atoms with van der Waals surface area (Å²) in [6.07, 6.45) is 4.46. The van der Waals surface area contributed by atoms with Crippen LogP contribution < -0.4 is 4.74 Å². The minimum absolute atomic E-state index is 0.103. The van der Waals surface area contributed by atoms with E-state index in [1.165, 1.54) is 17.7 Å². The average Bonchev–Trinajstić information content (AvgIpc) is 2.97. The number of benzene rings is 2. The highest BCUT2D eigenvalue weighted by Crippen LogP contribution is 2.35. The van der Waals surface area contributed by atoms with Crippen LogP contribution in [0.25, 0.3) is 0 Å². The number of hydrogen-bond acceptors (Lipinski definition) is 3. The maximum atomic E-state index is 13.6. The fraction of sp³-hybridized carbons (Fsp3) is 0.458. The molecule has 1 atom stereocenters. The summed E-state index contributed by atoms with van der Waals surface area (Å²) in [5.41, 5.74) is 2.29. The molecule has 154 valence electrons. The lowest BCUT2D eigenvalue weighted by atomic mass is 9.79. The second kappa shape index (κ2) is 8.05. The molecule has 29 heavy (non-hydrogen) atoms. The summed E-state index contributed by atoms with van der Waals surface area (Å²) < 4.78 is 19.8. The zero-order valence-corrected chi connectivity index (χ0v) is 17.0. The molecule has 2 aromatic carbocycles. The minimum atomic E-state index is -0.665. The summed E-state index contributed by atoms with van der Waals surface area (Å²) >= 11 is 0. The van der Waals surface area contributed by atoms with Gasteiger partial charge in [-0.25, -0.2) is 4.39 Å². The molecule has 2 aliphatic rings. The molecule has 0 bridgehead atoms. The van der Waals surface area contributed by atoms with Crippen LogP contribution >= 0.6 is 0 Å². The van der Waals surface area contributed by atoms with Gasteiger partial charge in [-0.1, -0.05) is 12.1 Å². The fourth-order valence-corrected chi connectivity index (χ4v) is 4.68. The summed E-state index contributed by atoms with van der Waals surface area (Å²) in [5, 5.41) is 9.55. The standard InChI is InChI=1S/C24H28FNO3/c1-15-4-3-5-20(10-15)29-16(2)18-8-6-17(7-9-18)13-26-14-19-11-22(25)23(27)12-21(19)24(26)28/h3-5,10-12,16-18,27H,6-9,13-14H2,1-2H3. The van der Waals surface area contributed by atoms with Crippen LogP contribution in [0.1, 0.15) is 54.1 Å². The lowest BCUT2D eigenvalue weighted by molar-refractivity contribution is 0.0685. The molecule has 1 saturated carbocycles. The molecule has 4 nitrogen and oxygen atoms in total. The van der Waals surface area contributed by atoms with E-state index in [0.717, 1.165) is 31.4 Å². The summed E-state index contributed by atoms with van der Waals surface area (Å²) in [7, 11) is 0. The molecule has 0 spiro atoms. The van der Waals surface area contributed by atoms with Crippen molar-refractivity contribution in [3.63, 3.8) is 0 Å². The molecule has 1 N–H and O–H groups in total. The van der Waals surface area contributed by atoms with Crippen LogP contribution in [-0.4, -0.2) is 28.6 Å². The van der Waals surface area contributed by atoms with E-state index in [1.807, 2.05) is 12.1 Å². The van der Waals surface area contributed by atoms with Gasteiger partial charge in [0.2, 0.25) is 0 Å². The topological polar surface area (TPSA) is 49.8 Å². The van der Waals surface area contributed by atoms with Crippen molar-refractivity contribution in [2.75, 3.05) is 6.54 Å². The zero-order chi connectivity index (χ0) is 20.5. The summed E-state index contributed by atoms with van der Waals surface area (Å²) in [6.45, 7) is 5.33. The van der Waals surface area contributed by atoms with Crippen LogP contribution in [0.4, 0.5) is 4.39 Å². The van der Waals surface area contributed by atoms with Crippen molar-refractivity contribution in [2.45, 2.75) is 52.2 Å². The molecule has 0 aromatic heterocycles. The van der Waals surface area contributed by atoms with E-state index in [4.69, 9.17) is 4.74 Å². The average molecular weight is 397 g/mol. The molecular formula is C24H28FNO3. The lowest BCUT2D eigenvalue weighted by Gasteiger charge is -2.34. The van der Waals surface area contributed by atoms with Crippen molar-refractivity contribution >= 4 is 5.91 Å². The number of aryl methyl sites for hydroxylation is 1. The van der Waals surface area contributed by atoms with E-state index in [0.29, 0.717) is 36.1 Å². The van der Waals surface area contributed by atoms with Crippen molar-refractivity contribution in [2.24, 2.45) is 11.8 Å². The van der Waals surface area contributed by atoms with Crippen molar-refractivity contribution in [3.8, 4) is 11.5 Å². The van der Waals surface area contributed by atoms with Crippen LogP contribution in [0.2, 0.25) is 0 Å². The Bertz CT molecular complexity index is 905. The van der Waals surface area contributed by atoms with Gasteiger partial charge in [0.05, 0.1) is 6.10 Å². The van der Waals surface area contributed by atoms with Crippen LogP contribution in [0.3, 0.4) is 0 Å². The number of aromatic hydroxyl groups is 1. The molecule has 0 radical (unpaired) electrons. The molecule has 0 saturated heterocycles. The Hall–Kier alpha value is -2.56. The molecule has 1 fully saturated rings. The number of carbonyl (C=O) groups is 1. The summed E-state index contributed by atoms with van der Waals surface area (Å²) in [6, 6.07) is 10.7. The van der Waals surface area contributed by atoms with Gasteiger partial charge in [0.15, 0.2) is 11.6 Å². The largest absolute Gasteiger partial charge is 0.505 e. The first-order valence-corrected chi connectivity index (χ1v) is 10.4. The van der Waals surface area contributed by atoms with Crippen molar-refractivity contribution < 1.29 is 19.0 Å². The molecule has 1 unspecified atom stereocenters. The van der Waals surface area contributed by atoms with Crippen LogP contribution in [0.15, 0.2) is 36.4 Å². The number of halogens is 1. The van der Waals surface area contributed by atoms with Crippen LogP contribution in [0.5, 0.6) is 11.5 Å². The number of phenolic OH excluding ortho intramolecular Hbond substituents is 1. The van der Waals surface area contributed by atoms with E-state index in [2.05, 4.69) is 26.0 Å². The monoisotopic (exact) mass is 397 g/mol. The number of rotatable bonds is 5. The Balaban J connectivity index is 1.30. The minimum Gasteiger partial charge on any atom is -0.505 e. The molecular weight excluding hydrogens is 369 g/mol. The van der Waals surface area contributed by atoms with E-state index < -0.39 is 11.6 Å². The van der Waals surface area contributed by atoms with E-state index in [9.17, 15) is 14.3 Å². The number of carbonyl (C=O) groups excluding carboxylic acids is 1. The quantitative estimate of drug-likeness (QED) is 0.766. The highest BCUT2D eigenvalue weighted by molar-refractivity contribution is 5.98. The van der Waals surface area contributed by atoms with Crippen LogP contribution in [-0.2, 0) is 6.54 Å². The van der Waals surface area contributed by atoms with Crippen LogP contribution in [0, 0.1) is 24.6 Å². The predicted molar refractivity (Wildman–Crippen MR) is 110 cm³/mol. The van der Waals surface area contributed by atoms with E-state index in [-0.39, 0.29) is 12.0 Å². The summed E-state index contributed by atoms with van der Waals surface area (Å²) in [4.78, 5) is 14.4. The third kappa shape index (κ3) is 4.24. The zero-order valence-electron chi connectivity index (χ0n) is 17.0. The van der Waals surface area contributed by atoms with Gasteiger partial charge in [-0.3, -0.25) is 4.79 Å². The van der Waals surface area contributed by atoms with Gasteiger partial charge < -0.3 is 14.7 Å². The number of hydrogen-bond donors (Lipinski definition) is 1. The first-order chi connectivity index (χ1) is 13.9. The molecule has 2 aromatic rings. The molecule has 1 amide bonds. The smallest absolute Gasteiger partial charge is 0.254 e. The number of amides is 1. The Kier molecular flexibility index (Phi) is 5.48. The predicted octanol–water partition coefficient (Wildman–Crippen LogP) is 5.07. The number of phenols is 1. The SMILES string of the molecule is Cc1cccc(OC(C)C2CCC(CN3Cc4cc(F)c(O)cc4C3=O)CC2)c1. The Morgan fingerprint density at radius 1 is 1.21 bits per heavy atom. The lowest BCUT2D eigenvalue weighted by Crippen LogP contribution is -2.34. The molecule has 1 heterocycles.